The Morgan fingerprint density at radius 3 is 2.50 bits per heavy atom. The maximum Gasteiger partial charge on any atom is 0.220 e. The average Bonchev–Trinajstić information content (AvgIpc) is 2.44. The summed E-state index contributed by atoms with van der Waals surface area (Å²) in [6.45, 7) is 6.40. The molecule has 1 amide bonds. The second kappa shape index (κ2) is 10.3. The zero-order chi connectivity index (χ0) is 15.8. The van der Waals surface area contributed by atoms with Gasteiger partial charge < -0.3 is 20.5 Å². The van der Waals surface area contributed by atoms with Gasteiger partial charge >= 0.3 is 0 Å². The summed E-state index contributed by atoms with van der Waals surface area (Å²) >= 11 is 0. The molecule has 0 saturated heterocycles. The van der Waals surface area contributed by atoms with E-state index in [0.29, 0.717) is 30.9 Å². The summed E-state index contributed by atoms with van der Waals surface area (Å²) in [6, 6.07) is 5.62. The number of halogens is 1. The van der Waals surface area contributed by atoms with E-state index in [2.05, 4.69) is 5.32 Å². The summed E-state index contributed by atoms with van der Waals surface area (Å²) in [5, 5.41) is 2.95. The molecule has 0 saturated carbocycles. The predicted octanol–water partition coefficient (Wildman–Crippen LogP) is 2.82. The smallest absolute Gasteiger partial charge is 0.220 e. The highest BCUT2D eigenvalue weighted by Crippen LogP contribution is 2.31. The Hall–Kier alpha value is -1.46. The maximum absolute atomic E-state index is 11.7. The number of carbonyl (C=O) groups excluding carboxylic acids is 1. The lowest BCUT2D eigenvalue weighted by Gasteiger charge is -2.18. The maximum atomic E-state index is 11.7. The van der Waals surface area contributed by atoms with E-state index < -0.39 is 0 Å². The highest BCUT2D eigenvalue weighted by Gasteiger charge is 2.13. The topological polar surface area (TPSA) is 73.6 Å². The molecule has 22 heavy (non-hydrogen) atoms. The lowest BCUT2D eigenvalue weighted by molar-refractivity contribution is -0.121. The first-order valence-electron chi connectivity index (χ1n) is 7.32. The fraction of sp³-hybridized carbons (Fsp3) is 0.562. The van der Waals surface area contributed by atoms with E-state index >= 15 is 0 Å². The number of amides is 1. The Morgan fingerprint density at radius 1 is 1.27 bits per heavy atom. The Kier molecular flexibility index (Phi) is 9.61. The normalized spacial score (nSPS) is 11.5. The molecule has 1 aromatic rings. The Balaban J connectivity index is 0.00000441. The van der Waals surface area contributed by atoms with E-state index in [0.717, 1.165) is 5.56 Å². The molecule has 3 N–H and O–H groups in total. The van der Waals surface area contributed by atoms with Crippen molar-refractivity contribution in [3.05, 3.63) is 23.8 Å². The van der Waals surface area contributed by atoms with Crippen LogP contribution in [-0.4, -0.2) is 25.7 Å². The quantitative estimate of drug-likeness (QED) is 0.768. The van der Waals surface area contributed by atoms with E-state index in [1.165, 1.54) is 0 Å². The van der Waals surface area contributed by atoms with Crippen LogP contribution in [0.3, 0.4) is 0 Å². The van der Waals surface area contributed by atoms with Gasteiger partial charge in [0.25, 0.3) is 0 Å². The molecule has 0 radical (unpaired) electrons. The third-order valence-electron chi connectivity index (χ3n) is 3.04. The van der Waals surface area contributed by atoms with Gasteiger partial charge in [0.2, 0.25) is 5.91 Å². The van der Waals surface area contributed by atoms with Gasteiger partial charge in [-0.25, -0.2) is 0 Å². The van der Waals surface area contributed by atoms with E-state index in [-0.39, 0.29) is 30.5 Å². The number of hydrogen-bond acceptors (Lipinski definition) is 4. The lowest BCUT2D eigenvalue weighted by atomic mass is 10.1. The van der Waals surface area contributed by atoms with E-state index in [4.69, 9.17) is 15.2 Å². The van der Waals surface area contributed by atoms with E-state index in [1.54, 1.807) is 7.11 Å². The first-order chi connectivity index (χ1) is 9.97. The SMILES string of the molecule is COc1cc(C(C)NC(=O)CCCN)ccc1OC(C)C.Cl. The predicted molar refractivity (Wildman–Crippen MR) is 90.9 cm³/mol. The minimum absolute atomic E-state index is 0. The zero-order valence-corrected chi connectivity index (χ0v) is 14.5. The lowest BCUT2D eigenvalue weighted by Crippen LogP contribution is -2.26. The summed E-state index contributed by atoms with van der Waals surface area (Å²) in [5.74, 6) is 1.39. The van der Waals surface area contributed by atoms with E-state index in [9.17, 15) is 4.79 Å². The minimum atomic E-state index is -0.0859. The van der Waals surface area contributed by atoms with Crippen molar-refractivity contribution in [2.45, 2.75) is 45.8 Å². The minimum Gasteiger partial charge on any atom is -0.493 e. The fourth-order valence-corrected chi connectivity index (χ4v) is 1.96. The van der Waals surface area contributed by atoms with Gasteiger partial charge in [-0.05, 0) is 51.4 Å². The molecule has 0 spiro atoms. The van der Waals surface area contributed by atoms with Gasteiger partial charge in [-0.2, -0.15) is 0 Å². The van der Waals surface area contributed by atoms with Crippen LogP contribution in [0, 0.1) is 0 Å². The van der Waals surface area contributed by atoms with Crippen molar-refractivity contribution in [2.24, 2.45) is 5.73 Å². The molecule has 0 bridgehead atoms. The second-order valence-electron chi connectivity index (χ2n) is 5.26. The highest BCUT2D eigenvalue weighted by molar-refractivity contribution is 5.85. The van der Waals surface area contributed by atoms with Gasteiger partial charge in [0.05, 0.1) is 19.3 Å². The average molecular weight is 331 g/mol. The molecule has 126 valence electrons. The van der Waals surface area contributed by atoms with Crippen molar-refractivity contribution < 1.29 is 14.3 Å². The molecule has 0 aromatic heterocycles. The van der Waals surface area contributed by atoms with Crippen LogP contribution in [0.1, 0.15) is 45.2 Å². The fourth-order valence-electron chi connectivity index (χ4n) is 1.96. The molecule has 0 aliphatic heterocycles. The van der Waals surface area contributed by atoms with Crippen LogP contribution in [0.25, 0.3) is 0 Å². The number of rotatable bonds is 8. The first-order valence-corrected chi connectivity index (χ1v) is 7.32. The van der Waals surface area contributed by atoms with Crippen LogP contribution in [0.2, 0.25) is 0 Å². The second-order valence-corrected chi connectivity index (χ2v) is 5.26. The monoisotopic (exact) mass is 330 g/mol. The molecule has 0 aliphatic rings. The third-order valence-corrected chi connectivity index (χ3v) is 3.04. The summed E-state index contributed by atoms with van der Waals surface area (Å²) < 4.78 is 11.0. The first kappa shape index (κ1) is 20.5. The number of nitrogens with two attached hydrogens (primary N) is 1. The zero-order valence-electron chi connectivity index (χ0n) is 13.7. The van der Waals surface area contributed by atoms with Crippen LogP contribution in [-0.2, 0) is 4.79 Å². The molecule has 1 rings (SSSR count). The van der Waals surface area contributed by atoms with Gasteiger partial charge in [0.1, 0.15) is 0 Å². The molecule has 5 nitrogen and oxygen atoms in total. The van der Waals surface area contributed by atoms with Gasteiger partial charge in [0.15, 0.2) is 11.5 Å². The van der Waals surface area contributed by atoms with Gasteiger partial charge in [-0.3, -0.25) is 4.79 Å². The van der Waals surface area contributed by atoms with Gasteiger partial charge in [-0.15, -0.1) is 12.4 Å². The number of methoxy groups -OCH3 is 1. The van der Waals surface area contributed by atoms with Crippen molar-refractivity contribution in [3.8, 4) is 11.5 Å². The number of nitrogens with one attached hydrogen (secondary N) is 1. The van der Waals surface area contributed by atoms with Crippen LogP contribution in [0.15, 0.2) is 18.2 Å². The molecule has 1 atom stereocenters. The van der Waals surface area contributed by atoms with Crippen molar-refractivity contribution in [3.63, 3.8) is 0 Å². The van der Waals surface area contributed by atoms with Crippen molar-refractivity contribution >= 4 is 18.3 Å². The standard InChI is InChI=1S/C16H26N2O3.ClH/c1-11(2)21-14-8-7-13(10-15(14)20-4)12(3)18-16(19)6-5-9-17;/h7-8,10-12H,5-6,9,17H2,1-4H3,(H,18,19);1H. The molecule has 0 aliphatic carbocycles. The third kappa shape index (κ3) is 6.54. The molecular formula is C16H27ClN2O3. The summed E-state index contributed by atoms with van der Waals surface area (Å²) in [7, 11) is 1.61. The van der Waals surface area contributed by atoms with Crippen molar-refractivity contribution in [2.75, 3.05) is 13.7 Å². The molecule has 0 fully saturated rings. The van der Waals surface area contributed by atoms with Gasteiger partial charge in [-0.1, -0.05) is 6.07 Å². The molecule has 0 heterocycles. The molecule has 1 unspecified atom stereocenters. The summed E-state index contributed by atoms with van der Waals surface area (Å²) in [6.07, 6.45) is 1.23. The number of hydrogen-bond donors (Lipinski definition) is 2. The molecular weight excluding hydrogens is 304 g/mol. The van der Waals surface area contributed by atoms with Gasteiger partial charge in [0, 0.05) is 6.42 Å². The number of benzene rings is 1. The van der Waals surface area contributed by atoms with Crippen LogP contribution in [0.4, 0.5) is 0 Å². The molecule has 1 aromatic carbocycles. The van der Waals surface area contributed by atoms with Crippen LogP contribution >= 0.6 is 12.4 Å². The summed E-state index contributed by atoms with van der Waals surface area (Å²) in [5.41, 5.74) is 6.38. The molecule has 6 heteroatoms. The van der Waals surface area contributed by atoms with Crippen LogP contribution in [0.5, 0.6) is 11.5 Å². The Labute approximate surface area is 139 Å². The largest absolute Gasteiger partial charge is 0.493 e. The number of carbonyl (C=O) groups is 1. The Morgan fingerprint density at radius 2 is 1.95 bits per heavy atom. The Bertz CT molecular complexity index is 467. The van der Waals surface area contributed by atoms with Crippen molar-refractivity contribution in [1.29, 1.82) is 0 Å². The highest BCUT2D eigenvalue weighted by atomic mass is 35.5. The van der Waals surface area contributed by atoms with Crippen molar-refractivity contribution in [1.82, 2.24) is 5.32 Å². The summed E-state index contributed by atoms with van der Waals surface area (Å²) in [4.78, 5) is 11.7. The van der Waals surface area contributed by atoms with Crippen LogP contribution < -0.4 is 20.5 Å². The van der Waals surface area contributed by atoms with E-state index in [1.807, 2.05) is 39.0 Å². The number of ether oxygens (including phenoxy) is 2.